The van der Waals surface area contributed by atoms with Crippen molar-refractivity contribution >= 4 is 23.1 Å². The third-order valence-electron chi connectivity index (χ3n) is 2.21. The van der Waals surface area contributed by atoms with Gasteiger partial charge in [-0.2, -0.15) is 5.26 Å². The van der Waals surface area contributed by atoms with Gasteiger partial charge in [-0.1, -0.05) is 35.1 Å². The molecule has 0 fully saturated rings. The first kappa shape index (κ1) is 13.8. The van der Waals surface area contributed by atoms with Gasteiger partial charge < -0.3 is 4.74 Å². The number of aromatic nitrogens is 2. The third kappa shape index (κ3) is 3.94. The van der Waals surface area contributed by atoms with Crippen LogP contribution in [0, 0.1) is 11.3 Å². The number of nitriles is 1. The normalized spacial score (nSPS) is 10.4. The average Bonchev–Trinajstić information content (AvgIpc) is 2.83. The Morgan fingerprint density at radius 2 is 2.16 bits per heavy atom. The highest BCUT2D eigenvalue weighted by Gasteiger charge is 2.08. The van der Waals surface area contributed by atoms with Crippen molar-refractivity contribution in [2.45, 2.75) is 30.0 Å². The first-order valence-electron chi connectivity index (χ1n) is 5.80. The largest absolute Gasteiger partial charge is 0.466 e. The van der Waals surface area contributed by atoms with Crippen LogP contribution in [0.4, 0.5) is 0 Å². The van der Waals surface area contributed by atoms with Crippen LogP contribution in [-0.2, 0) is 5.75 Å². The molecule has 1 aromatic heterocycles. The molecule has 98 valence electrons. The maximum Gasteiger partial charge on any atom is 0.295 e. The Kier molecular flexibility index (Phi) is 4.77. The summed E-state index contributed by atoms with van der Waals surface area (Å²) in [5.41, 5.74) is 1.72. The van der Waals surface area contributed by atoms with E-state index >= 15 is 0 Å². The van der Waals surface area contributed by atoms with Gasteiger partial charge in [0.2, 0.25) is 0 Å². The second-order valence-electron chi connectivity index (χ2n) is 4.06. The van der Waals surface area contributed by atoms with E-state index in [9.17, 15) is 0 Å². The molecule has 1 aromatic carbocycles. The van der Waals surface area contributed by atoms with E-state index in [1.165, 1.54) is 11.3 Å². The van der Waals surface area contributed by atoms with Crippen LogP contribution in [0.5, 0.6) is 5.19 Å². The number of rotatable bonds is 5. The summed E-state index contributed by atoms with van der Waals surface area (Å²) in [4.78, 5) is 0. The van der Waals surface area contributed by atoms with Gasteiger partial charge in [-0.05, 0) is 36.8 Å². The zero-order chi connectivity index (χ0) is 13.7. The summed E-state index contributed by atoms with van der Waals surface area (Å²) >= 11 is 2.99. The van der Waals surface area contributed by atoms with Gasteiger partial charge in [0.25, 0.3) is 5.19 Å². The molecule has 0 saturated carbocycles. The number of hydrogen-bond acceptors (Lipinski definition) is 6. The molecule has 0 aliphatic heterocycles. The van der Waals surface area contributed by atoms with Crippen LogP contribution in [0.25, 0.3) is 0 Å². The number of hydrogen-bond donors (Lipinski definition) is 0. The molecule has 0 amide bonds. The van der Waals surface area contributed by atoms with Gasteiger partial charge >= 0.3 is 0 Å². The maximum absolute atomic E-state index is 9.01. The summed E-state index contributed by atoms with van der Waals surface area (Å²) in [7, 11) is 0. The first-order valence-corrected chi connectivity index (χ1v) is 7.60. The van der Waals surface area contributed by atoms with E-state index in [-0.39, 0.29) is 6.10 Å². The minimum absolute atomic E-state index is 0.102. The van der Waals surface area contributed by atoms with Crippen molar-refractivity contribution in [2.75, 3.05) is 0 Å². The lowest BCUT2D eigenvalue weighted by atomic mass is 10.1. The molecule has 0 aliphatic rings. The van der Waals surface area contributed by atoms with Gasteiger partial charge in [-0.25, -0.2) is 0 Å². The summed E-state index contributed by atoms with van der Waals surface area (Å²) in [6.45, 7) is 3.91. The Labute approximate surface area is 120 Å². The van der Waals surface area contributed by atoms with E-state index in [1.807, 2.05) is 38.1 Å². The second kappa shape index (κ2) is 6.55. The molecule has 0 atom stereocenters. The Bertz CT molecular complexity index is 590. The molecule has 0 unspecified atom stereocenters. The zero-order valence-electron chi connectivity index (χ0n) is 10.7. The van der Waals surface area contributed by atoms with E-state index in [1.54, 1.807) is 11.8 Å². The predicted molar refractivity (Wildman–Crippen MR) is 76.4 cm³/mol. The summed E-state index contributed by atoms with van der Waals surface area (Å²) < 4.78 is 6.32. The van der Waals surface area contributed by atoms with Crippen LogP contribution in [0.3, 0.4) is 0 Å². The fourth-order valence-electron chi connectivity index (χ4n) is 1.40. The van der Waals surface area contributed by atoms with Crippen molar-refractivity contribution in [1.29, 1.82) is 5.26 Å². The molecule has 2 aromatic rings. The summed E-state index contributed by atoms with van der Waals surface area (Å²) in [6.07, 6.45) is 0.102. The van der Waals surface area contributed by atoms with Crippen LogP contribution >= 0.6 is 23.1 Å². The highest BCUT2D eigenvalue weighted by molar-refractivity contribution is 8.00. The van der Waals surface area contributed by atoms with Gasteiger partial charge in [0.05, 0.1) is 17.7 Å². The van der Waals surface area contributed by atoms with E-state index in [4.69, 9.17) is 10.00 Å². The molecule has 0 aliphatic carbocycles. The van der Waals surface area contributed by atoms with Crippen LogP contribution in [0.2, 0.25) is 0 Å². The van der Waals surface area contributed by atoms with Crippen molar-refractivity contribution in [3.63, 3.8) is 0 Å². The number of benzene rings is 1. The molecule has 0 saturated heterocycles. The summed E-state index contributed by atoms with van der Waals surface area (Å²) in [5.74, 6) is 0.708. The molecule has 0 spiro atoms. The van der Waals surface area contributed by atoms with Gasteiger partial charge in [-0.3, -0.25) is 0 Å². The molecule has 1 heterocycles. The number of thioether (sulfide) groups is 1. The Balaban J connectivity index is 1.99. The minimum Gasteiger partial charge on any atom is -0.466 e. The minimum atomic E-state index is 0.102. The van der Waals surface area contributed by atoms with Gasteiger partial charge in [0.15, 0.2) is 4.34 Å². The van der Waals surface area contributed by atoms with Crippen molar-refractivity contribution in [2.24, 2.45) is 0 Å². The average molecular weight is 291 g/mol. The van der Waals surface area contributed by atoms with Crippen molar-refractivity contribution in [1.82, 2.24) is 10.2 Å². The molecule has 0 radical (unpaired) electrons. The standard InChI is InChI=1S/C13H13N3OS2/c1-9(2)17-12-15-16-13(19-12)18-8-11-6-4-3-5-10(11)7-14/h3-6,9H,8H2,1-2H3. The van der Waals surface area contributed by atoms with Crippen LogP contribution in [0.1, 0.15) is 25.0 Å². The van der Waals surface area contributed by atoms with E-state index in [0.29, 0.717) is 16.5 Å². The molecule has 2 rings (SSSR count). The lowest BCUT2D eigenvalue weighted by molar-refractivity contribution is 0.239. The van der Waals surface area contributed by atoms with Crippen LogP contribution < -0.4 is 4.74 Å². The van der Waals surface area contributed by atoms with Gasteiger partial charge in [-0.15, -0.1) is 5.10 Å². The third-order valence-corrected chi connectivity index (χ3v) is 4.21. The topological polar surface area (TPSA) is 58.8 Å². The fraction of sp³-hybridized carbons (Fsp3) is 0.308. The molecule has 0 N–H and O–H groups in total. The van der Waals surface area contributed by atoms with Crippen molar-refractivity contribution in [3.8, 4) is 11.3 Å². The highest BCUT2D eigenvalue weighted by atomic mass is 32.2. The molecule has 19 heavy (non-hydrogen) atoms. The Morgan fingerprint density at radius 1 is 1.37 bits per heavy atom. The van der Waals surface area contributed by atoms with Crippen molar-refractivity contribution in [3.05, 3.63) is 35.4 Å². The fourth-order valence-corrected chi connectivity index (χ4v) is 3.21. The van der Waals surface area contributed by atoms with Crippen molar-refractivity contribution < 1.29 is 4.74 Å². The number of ether oxygens (including phenoxy) is 1. The molecule has 4 nitrogen and oxygen atoms in total. The lowest BCUT2D eigenvalue weighted by Gasteiger charge is -2.03. The Morgan fingerprint density at radius 3 is 2.89 bits per heavy atom. The molecular weight excluding hydrogens is 278 g/mol. The number of nitrogens with zero attached hydrogens (tertiary/aromatic N) is 3. The second-order valence-corrected chi connectivity index (χ2v) is 6.22. The summed E-state index contributed by atoms with van der Waals surface area (Å²) in [6, 6.07) is 9.77. The lowest BCUT2D eigenvalue weighted by Crippen LogP contribution is -2.04. The van der Waals surface area contributed by atoms with E-state index in [2.05, 4.69) is 16.3 Å². The quantitative estimate of drug-likeness (QED) is 0.789. The SMILES string of the molecule is CC(C)Oc1nnc(SCc2ccccc2C#N)s1. The zero-order valence-corrected chi connectivity index (χ0v) is 12.3. The monoisotopic (exact) mass is 291 g/mol. The molecule has 0 bridgehead atoms. The van der Waals surface area contributed by atoms with E-state index in [0.717, 1.165) is 9.90 Å². The molecular formula is C13H13N3OS2. The summed E-state index contributed by atoms with van der Waals surface area (Å²) in [5, 5.41) is 17.6. The van der Waals surface area contributed by atoms with Crippen LogP contribution in [-0.4, -0.2) is 16.3 Å². The van der Waals surface area contributed by atoms with Gasteiger partial charge in [0, 0.05) is 5.75 Å². The first-order chi connectivity index (χ1) is 9.19. The maximum atomic E-state index is 9.01. The smallest absolute Gasteiger partial charge is 0.295 e. The Hall–Kier alpha value is -1.58. The van der Waals surface area contributed by atoms with Crippen LogP contribution in [0.15, 0.2) is 28.6 Å². The molecule has 6 heteroatoms. The highest BCUT2D eigenvalue weighted by Crippen LogP contribution is 2.30. The van der Waals surface area contributed by atoms with Gasteiger partial charge in [0.1, 0.15) is 0 Å². The predicted octanol–water partition coefficient (Wildman–Crippen LogP) is 3.49. The van der Waals surface area contributed by atoms with E-state index < -0.39 is 0 Å².